The number of hydrogen-bond acceptors (Lipinski definition) is 2. The van der Waals surface area contributed by atoms with Crippen molar-refractivity contribution in [2.24, 2.45) is 16.5 Å². The highest BCUT2D eigenvalue weighted by Crippen LogP contribution is 2.40. The molecule has 1 amide bonds. The van der Waals surface area contributed by atoms with E-state index in [0.29, 0.717) is 10.8 Å². The van der Waals surface area contributed by atoms with Crippen LogP contribution in [0, 0.1) is 0 Å². The number of nitrogens with zero attached hydrogens (tertiary/aromatic N) is 1. The fourth-order valence-corrected chi connectivity index (χ4v) is 2.97. The largest absolute Gasteiger partial charge is 0.491 e. The van der Waals surface area contributed by atoms with Crippen molar-refractivity contribution in [1.82, 2.24) is 0 Å². The van der Waals surface area contributed by atoms with Crippen LogP contribution in [0.25, 0.3) is 16.3 Å². The molecule has 0 saturated heterocycles. The molecule has 28 heavy (non-hydrogen) atoms. The molecule has 8 heteroatoms. The van der Waals surface area contributed by atoms with E-state index in [-0.39, 0.29) is 11.1 Å². The molecule has 0 radical (unpaired) electrons. The third kappa shape index (κ3) is 3.48. The van der Waals surface area contributed by atoms with E-state index >= 15 is 0 Å². The van der Waals surface area contributed by atoms with Crippen molar-refractivity contribution in [3.05, 3.63) is 76.8 Å². The molecule has 144 valence electrons. The van der Waals surface area contributed by atoms with Crippen molar-refractivity contribution in [2.75, 3.05) is 7.11 Å². The number of allylic oxidation sites excluding steroid dienone is 5. The Kier molecular flexibility index (Phi) is 5.21. The van der Waals surface area contributed by atoms with Crippen LogP contribution in [0.4, 0.5) is 13.2 Å². The second-order valence-electron chi connectivity index (χ2n) is 5.97. The number of carbonyl (C=O) groups excluding carboxylic acids is 1. The summed E-state index contributed by atoms with van der Waals surface area (Å²) in [6.07, 6.45) is 0.462. The number of amides is 1. The number of hydrogen-bond donors (Lipinski definition) is 2. The monoisotopic (exact) mass is 387 g/mol. The summed E-state index contributed by atoms with van der Waals surface area (Å²) in [5, 5.41) is 0.987. The van der Waals surface area contributed by atoms with Crippen LogP contribution in [-0.4, -0.2) is 19.0 Å². The van der Waals surface area contributed by atoms with Crippen LogP contribution in [0.2, 0.25) is 0 Å². The van der Waals surface area contributed by atoms with Gasteiger partial charge in [0.15, 0.2) is 23.4 Å². The van der Waals surface area contributed by atoms with E-state index in [0.717, 1.165) is 13.2 Å². The van der Waals surface area contributed by atoms with Gasteiger partial charge in [-0.25, -0.2) is 13.2 Å². The van der Waals surface area contributed by atoms with E-state index in [1.807, 2.05) is 0 Å². The molecule has 0 atom stereocenters. The van der Waals surface area contributed by atoms with Crippen LogP contribution in [-0.2, 0) is 4.74 Å². The first-order chi connectivity index (χ1) is 13.3. The maximum absolute atomic E-state index is 15.0. The van der Waals surface area contributed by atoms with Crippen LogP contribution in [0.5, 0.6) is 0 Å². The second-order valence-corrected chi connectivity index (χ2v) is 5.97. The lowest BCUT2D eigenvalue weighted by Crippen LogP contribution is -2.24. The van der Waals surface area contributed by atoms with Crippen LogP contribution >= 0.6 is 0 Å². The maximum atomic E-state index is 15.0. The fraction of sp³-hybridized carbons (Fsp3) is 0.100. The Morgan fingerprint density at radius 3 is 2.57 bits per heavy atom. The SMILES string of the molecule is COC1=C(F)C(c2cccc3ccc(C(=O)N=C(N)N)cc23)=C(F)CC=C1F. The summed E-state index contributed by atoms with van der Waals surface area (Å²) in [7, 11) is 1.10. The number of methoxy groups -OCH3 is 1. The lowest BCUT2D eigenvalue weighted by molar-refractivity contribution is 0.100. The molecular formula is C20H16F3N3O2. The topological polar surface area (TPSA) is 90.7 Å². The number of nitrogens with two attached hydrogens (primary N) is 2. The maximum Gasteiger partial charge on any atom is 0.280 e. The first-order valence-corrected chi connectivity index (χ1v) is 8.19. The average Bonchev–Trinajstić information content (AvgIpc) is 2.76. The zero-order chi connectivity index (χ0) is 20.4. The van der Waals surface area contributed by atoms with Crippen molar-refractivity contribution in [3.63, 3.8) is 0 Å². The number of fused-ring (bicyclic) bond motifs is 1. The number of benzene rings is 2. The van der Waals surface area contributed by atoms with Gasteiger partial charge in [0.25, 0.3) is 5.91 Å². The molecule has 0 unspecified atom stereocenters. The number of ether oxygens (including phenoxy) is 1. The molecule has 1 aliphatic rings. The first kappa shape index (κ1) is 19.2. The van der Waals surface area contributed by atoms with Gasteiger partial charge in [0.05, 0.1) is 12.7 Å². The van der Waals surface area contributed by atoms with Crippen LogP contribution < -0.4 is 11.5 Å². The number of guanidine groups is 1. The Labute approximate surface area is 158 Å². The van der Waals surface area contributed by atoms with Gasteiger partial charge in [0.2, 0.25) is 0 Å². The average molecular weight is 387 g/mol. The van der Waals surface area contributed by atoms with Crippen molar-refractivity contribution >= 4 is 28.2 Å². The number of halogens is 3. The molecule has 0 bridgehead atoms. The van der Waals surface area contributed by atoms with E-state index in [9.17, 15) is 18.0 Å². The third-order valence-electron chi connectivity index (χ3n) is 4.20. The number of rotatable bonds is 3. The Bertz CT molecular complexity index is 1100. The van der Waals surface area contributed by atoms with Crippen molar-refractivity contribution in [3.8, 4) is 0 Å². The Hall–Kier alpha value is -3.55. The van der Waals surface area contributed by atoms with Gasteiger partial charge in [-0.15, -0.1) is 0 Å². The van der Waals surface area contributed by atoms with Gasteiger partial charge in [-0.2, -0.15) is 4.99 Å². The fourth-order valence-electron chi connectivity index (χ4n) is 2.97. The van der Waals surface area contributed by atoms with Gasteiger partial charge in [-0.1, -0.05) is 24.3 Å². The van der Waals surface area contributed by atoms with Crippen LogP contribution in [0.15, 0.2) is 70.7 Å². The minimum Gasteiger partial charge on any atom is -0.491 e. The molecule has 0 heterocycles. The molecule has 0 aliphatic heterocycles. The lowest BCUT2D eigenvalue weighted by atomic mass is 9.94. The van der Waals surface area contributed by atoms with Gasteiger partial charge in [-0.05, 0) is 34.5 Å². The van der Waals surface area contributed by atoms with Gasteiger partial charge >= 0.3 is 0 Å². The quantitative estimate of drug-likeness (QED) is 0.615. The van der Waals surface area contributed by atoms with Gasteiger partial charge in [0.1, 0.15) is 5.83 Å². The highest BCUT2D eigenvalue weighted by molar-refractivity contribution is 6.06. The predicted molar refractivity (Wildman–Crippen MR) is 101 cm³/mol. The summed E-state index contributed by atoms with van der Waals surface area (Å²) in [6, 6.07) is 9.30. The third-order valence-corrected chi connectivity index (χ3v) is 4.20. The van der Waals surface area contributed by atoms with Gasteiger partial charge in [0, 0.05) is 12.0 Å². The van der Waals surface area contributed by atoms with Crippen molar-refractivity contribution < 1.29 is 22.7 Å². The van der Waals surface area contributed by atoms with E-state index in [2.05, 4.69) is 4.99 Å². The molecule has 0 spiro atoms. The molecule has 0 saturated carbocycles. The lowest BCUT2D eigenvalue weighted by Gasteiger charge is -2.13. The molecule has 0 fully saturated rings. The summed E-state index contributed by atoms with van der Waals surface area (Å²) < 4.78 is 48.4. The zero-order valence-corrected chi connectivity index (χ0v) is 14.8. The summed E-state index contributed by atoms with van der Waals surface area (Å²) in [6.45, 7) is 0. The van der Waals surface area contributed by atoms with E-state index in [4.69, 9.17) is 16.2 Å². The molecule has 4 N–H and O–H groups in total. The van der Waals surface area contributed by atoms with Gasteiger partial charge in [-0.3, -0.25) is 4.79 Å². The molecule has 3 rings (SSSR count). The molecule has 1 aliphatic carbocycles. The molecular weight excluding hydrogens is 371 g/mol. The minimum absolute atomic E-state index is 0.128. The molecule has 0 aromatic heterocycles. The second kappa shape index (κ2) is 7.59. The van der Waals surface area contributed by atoms with E-state index in [1.165, 1.54) is 18.2 Å². The van der Waals surface area contributed by atoms with Crippen molar-refractivity contribution in [2.45, 2.75) is 6.42 Å². The predicted octanol–water partition coefficient (Wildman–Crippen LogP) is 4.02. The highest BCUT2D eigenvalue weighted by atomic mass is 19.1. The minimum atomic E-state index is -1.17. The van der Waals surface area contributed by atoms with Crippen LogP contribution in [0.3, 0.4) is 0 Å². The molecule has 5 nitrogen and oxygen atoms in total. The van der Waals surface area contributed by atoms with E-state index in [1.54, 1.807) is 18.2 Å². The van der Waals surface area contributed by atoms with Crippen LogP contribution in [0.1, 0.15) is 22.3 Å². The normalized spacial score (nSPS) is 14.6. The smallest absolute Gasteiger partial charge is 0.280 e. The van der Waals surface area contributed by atoms with E-state index < -0.39 is 47.1 Å². The Balaban J connectivity index is 2.27. The summed E-state index contributed by atoms with van der Waals surface area (Å²) in [4.78, 5) is 15.6. The first-order valence-electron chi connectivity index (χ1n) is 8.19. The molecule has 2 aromatic carbocycles. The highest BCUT2D eigenvalue weighted by Gasteiger charge is 2.26. The molecule has 2 aromatic rings. The number of carbonyl (C=O) groups is 1. The Morgan fingerprint density at radius 2 is 1.89 bits per heavy atom. The van der Waals surface area contributed by atoms with Gasteiger partial charge < -0.3 is 16.2 Å². The van der Waals surface area contributed by atoms with Crippen molar-refractivity contribution in [1.29, 1.82) is 0 Å². The zero-order valence-electron chi connectivity index (χ0n) is 14.8. The summed E-state index contributed by atoms with van der Waals surface area (Å²) in [5.74, 6) is -4.82. The Morgan fingerprint density at radius 1 is 1.14 bits per heavy atom. The number of aliphatic imine (C=N–C) groups is 1. The standard InChI is InChI=1S/C20H16F3N3O2/c1-28-18-15(22)8-7-14(21)16(17(18)23)12-4-2-3-10-5-6-11(9-13(10)12)19(27)26-20(24)25/h2-6,8-9H,7H2,1H3,(H4,24,25,26,27). The summed E-state index contributed by atoms with van der Waals surface area (Å²) in [5.41, 5.74) is 10.3. The summed E-state index contributed by atoms with van der Waals surface area (Å²) >= 11 is 0.